The van der Waals surface area contributed by atoms with Gasteiger partial charge >= 0.3 is 0 Å². The van der Waals surface area contributed by atoms with Crippen LogP contribution in [0.15, 0.2) is 24.5 Å². The first-order chi connectivity index (χ1) is 9.74. The van der Waals surface area contributed by atoms with E-state index in [1.807, 2.05) is 24.0 Å². The molecule has 0 saturated carbocycles. The number of carbonyl (C=O) groups excluding carboxylic acids is 1. The molecule has 110 valence electrons. The molecule has 1 aromatic rings. The summed E-state index contributed by atoms with van der Waals surface area (Å²) in [5, 5.41) is 3.38. The normalized spacial score (nSPS) is 22.5. The van der Waals surface area contributed by atoms with Crippen LogP contribution in [0.25, 0.3) is 0 Å². The van der Waals surface area contributed by atoms with Gasteiger partial charge in [0.2, 0.25) is 5.91 Å². The van der Waals surface area contributed by atoms with Crippen LogP contribution in [-0.4, -0.2) is 34.9 Å². The smallest absolute Gasteiger partial charge is 0.240 e. The van der Waals surface area contributed by atoms with Crippen molar-refractivity contribution in [2.75, 3.05) is 13.1 Å². The highest BCUT2D eigenvalue weighted by Gasteiger charge is 2.28. The van der Waals surface area contributed by atoms with Gasteiger partial charge in [-0.05, 0) is 49.9 Å². The Bertz CT molecular complexity index is 421. The Labute approximate surface area is 121 Å². The molecule has 0 spiro atoms. The van der Waals surface area contributed by atoms with E-state index in [9.17, 15) is 4.79 Å². The average molecular weight is 275 g/mol. The molecule has 1 saturated heterocycles. The molecule has 2 rings (SSSR count). The summed E-state index contributed by atoms with van der Waals surface area (Å²) in [4.78, 5) is 18.6. The third-order valence-corrected chi connectivity index (χ3v) is 4.20. The summed E-state index contributed by atoms with van der Waals surface area (Å²) in [5.74, 6) is 0.923. The number of carbonyl (C=O) groups is 1. The van der Waals surface area contributed by atoms with Gasteiger partial charge in [0.1, 0.15) is 0 Å². The van der Waals surface area contributed by atoms with E-state index in [1.54, 1.807) is 12.4 Å². The van der Waals surface area contributed by atoms with E-state index in [1.165, 1.54) is 12.8 Å². The maximum absolute atomic E-state index is 12.6. The van der Waals surface area contributed by atoms with Gasteiger partial charge in [0, 0.05) is 25.5 Å². The van der Waals surface area contributed by atoms with Crippen molar-refractivity contribution in [3.63, 3.8) is 0 Å². The molecule has 2 heterocycles. The van der Waals surface area contributed by atoms with Crippen molar-refractivity contribution in [3.8, 4) is 0 Å². The van der Waals surface area contributed by atoms with Crippen molar-refractivity contribution in [2.24, 2.45) is 5.92 Å². The minimum atomic E-state index is -0.00418. The van der Waals surface area contributed by atoms with Crippen LogP contribution in [0.4, 0.5) is 0 Å². The molecule has 0 bridgehead atoms. The molecule has 2 atom stereocenters. The summed E-state index contributed by atoms with van der Waals surface area (Å²) in [6.07, 6.45) is 6.89. The number of nitrogens with one attached hydrogen (secondary N) is 1. The predicted octanol–water partition coefficient (Wildman–Crippen LogP) is 2.21. The Hall–Kier alpha value is -1.42. The standard InChI is InChI=1S/C16H25N3O/c1-3-13-7-10-18-15(11-13)16(20)19(4-2)12-14-5-8-17-9-6-14/h5-6,8-9,13,15,18H,3-4,7,10-12H2,1-2H3. The molecule has 2 unspecified atom stereocenters. The molecule has 1 N–H and O–H groups in total. The van der Waals surface area contributed by atoms with Crippen LogP contribution >= 0.6 is 0 Å². The topological polar surface area (TPSA) is 45.2 Å². The van der Waals surface area contributed by atoms with Gasteiger partial charge in [-0.2, -0.15) is 0 Å². The minimum absolute atomic E-state index is 0.00418. The van der Waals surface area contributed by atoms with Gasteiger partial charge in [-0.25, -0.2) is 0 Å². The summed E-state index contributed by atoms with van der Waals surface area (Å²) >= 11 is 0. The van der Waals surface area contributed by atoms with Gasteiger partial charge in [0.25, 0.3) is 0 Å². The fourth-order valence-corrected chi connectivity index (χ4v) is 2.83. The van der Waals surface area contributed by atoms with Gasteiger partial charge in [-0.1, -0.05) is 13.3 Å². The highest BCUT2D eigenvalue weighted by Crippen LogP contribution is 2.21. The van der Waals surface area contributed by atoms with Crippen molar-refractivity contribution in [1.29, 1.82) is 0 Å². The van der Waals surface area contributed by atoms with Gasteiger partial charge in [-0.3, -0.25) is 9.78 Å². The number of nitrogens with zero attached hydrogens (tertiary/aromatic N) is 2. The quantitative estimate of drug-likeness (QED) is 0.896. The van der Waals surface area contributed by atoms with E-state index in [-0.39, 0.29) is 11.9 Å². The predicted molar refractivity (Wildman–Crippen MR) is 80.1 cm³/mol. The van der Waals surface area contributed by atoms with Crippen molar-refractivity contribution in [2.45, 2.75) is 45.7 Å². The lowest BCUT2D eigenvalue weighted by Crippen LogP contribution is -2.50. The number of amides is 1. The van der Waals surface area contributed by atoms with Gasteiger partial charge in [0.15, 0.2) is 0 Å². The monoisotopic (exact) mass is 275 g/mol. The Kier molecular flexibility index (Phi) is 5.53. The number of aromatic nitrogens is 1. The molecular weight excluding hydrogens is 250 g/mol. The number of piperidine rings is 1. The van der Waals surface area contributed by atoms with E-state index in [0.717, 1.165) is 25.1 Å². The van der Waals surface area contributed by atoms with E-state index < -0.39 is 0 Å². The number of rotatable bonds is 5. The zero-order chi connectivity index (χ0) is 14.4. The summed E-state index contributed by atoms with van der Waals surface area (Å²) < 4.78 is 0. The van der Waals surface area contributed by atoms with Gasteiger partial charge in [-0.15, -0.1) is 0 Å². The molecule has 1 aliphatic rings. The lowest BCUT2D eigenvalue weighted by molar-refractivity contribution is -0.134. The fourth-order valence-electron chi connectivity index (χ4n) is 2.83. The highest BCUT2D eigenvalue weighted by atomic mass is 16.2. The zero-order valence-electron chi connectivity index (χ0n) is 12.5. The third-order valence-electron chi connectivity index (χ3n) is 4.20. The average Bonchev–Trinajstić information content (AvgIpc) is 2.53. The molecule has 1 aliphatic heterocycles. The highest BCUT2D eigenvalue weighted by molar-refractivity contribution is 5.82. The van der Waals surface area contributed by atoms with Crippen LogP contribution < -0.4 is 5.32 Å². The van der Waals surface area contributed by atoms with Crippen molar-refractivity contribution >= 4 is 5.91 Å². The number of likely N-dealkylation sites (N-methyl/N-ethyl adjacent to an activating group) is 1. The Morgan fingerprint density at radius 1 is 1.40 bits per heavy atom. The Morgan fingerprint density at radius 3 is 2.80 bits per heavy atom. The zero-order valence-corrected chi connectivity index (χ0v) is 12.5. The Morgan fingerprint density at radius 2 is 2.15 bits per heavy atom. The Balaban J connectivity index is 1.98. The molecule has 1 fully saturated rings. The van der Waals surface area contributed by atoms with Crippen molar-refractivity contribution in [1.82, 2.24) is 15.2 Å². The number of hydrogen-bond donors (Lipinski definition) is 1. The second-order valence-corrected chi connectivity index (χ2v) is 5.51. The first-order valence-electron chi connectivity index (χ1n) is 7.65. The van der Waals surface area contributed by atoms with Crippen molar-refractivity contribution in [3.05, 3.63) is 30.1 Å². The van der Waals surface area contributed by atoms with E-state index in [2.05, 4.69) is 17.2 Å². The summed E-state index contributed by atoms with van der Waals surface area (Å²) in [6, 6.07) is 3.94. The van der Waals surface area contributed by atoms with Crippen LogP contribution in [0.3, 0.4) is 0 Å². The molecular formula is C16H25N3O. The fraction of sp³-hybridized carbons (Fsp3) is 0.625. The first kappa shape index (κ1) is 15.0. The van der Waals surface area contributed by atoms with Crippen LogP contribution in [0, 0.1) is 5.92 Å². The second-order valence-electron chi connectivity index (χ2n) is 5.51. The lowest BCUT2D eigenvalue weighted by atomic mass is 9.90. The second kappa shape index (κ2) is 7.39. The number of hydrogen-bond acceptors (Lipinski definition) is 3. The SMILES string of the molecule is CCC1CCNC(C(=O)N(CC)Cc2ccncc2)C1. The molecule has 0 aliphatic carbocycles. The minimum Gasteiger partial charge on any atom is -0.337 e. The van der Waals surface area contributed by atoms with Crippen molar-refractivity contribution < 1.29 is 4.79 Å². The summed E-state index contributed by atoms with van der Waals surface area (Å²) in [6.45, 7) is 6.63. The van der Waals surface area contributed by atoms with Gasteiger partial charge in [0.05, 0.1) is 6.04 Å². The molecule has 1 amide bonds. The maximum Gasteiger partial charge on any atom is 0.240 e. The molecule has 4 heteroatoms. The van der Waals surface area contributed by atoms with Crippen LogP contribution in [-0.2, 0) is 11.3 Å². The van der Waals surface area contributed by atoms with E-state index in [4.69, 9.17) is 0 Å². The van der Waals surface area contributed by atoms with Crippen LogP contribution in [0.2, 0.25) is 0 Å². The van der Waals surface area contributed by atoms with Crippen LogP contribution in [0.1, 0.15) is 38.7 Å². The first-order valence-corrected chi connectivity index (χ1v) is 7.65. The van der Waals surface area contributed by atoms with Crippen LogP contribution in [0.5, 0.6) is 0 Å². The molecule has 0 aromatic carbocycles. The molecule has 4 nitrogen and oxygen atoms in total. The van der Waals surface area contributed by atoms with E-state index in [0.29, 0.717) is 12.5 Å². The molecule has 20 heavy (non-hydrogen) atoms. The number of pyridine rings is 1. The lowest BCUT2D eigenvalue weighted by Gasteiger charge is -2.33. The third kappa shape index (κ3) is 3.79. The maximum atomic E-state index is 12.6. The van der Waals surface area contributed by atoms with Gasteiger partial charge < -0.3 is 10.2 Å². The largest absolute Gasteiger partial charge is 0.337 e. The molecule has 0 radical (unpaired) electrons. The van der Waals surface area contributed by atoms with E-state index >= 15 is 0 Å². The summed E-state index contributed by atoms with van der Waals surface area (Å²) in [5.41, 5.74) is 1.14. The molecule has 1 aromatic heterocycles. The summed E-state index contributed by atoms with van der Waals surface area (Å²) in [7, 11) is 0.